The second-order valence-corrected chi connectivity index (χ2v) is 5.28. The molecule has 0 aliphatic carbocycles. The predicted octanol–water partition coefficient (Wildman–Crippen LogP) is 4.98. The van der Waals surface area contributed by atoms with Gasteiger partial charge in [-0.15, -0.1) is 0 Å². The van der Waals surface area contributed by atoms with Gasteiger partial charge < -0.3 is 10.1 Å². The van der Waals surface area contributed by atoms with Crippen LogP contribution in [0.25, 0.3) is 0 Å². The minimum atomic E-state index is -4.37. The van der Waals surface area contributed by atoms with Crippen LogP contribution in [-0.4, -0.2) is 7.05 Å². The van der Waals surface area contributed by atoms with Crippen molar-refractivity contribution in [3.05, 3.63) is 58.1 Å². The van der Waals surface area contributed by atoms with Crippen LogP contribution in [0.1, 0.15) is 11.1 Å². The molecular formula is C15H13BrF3NO. The van der Waals surface area contributed by atoms with Crippen molar-refractivity contribution in [1.29, 1.82) is 0 Å². The Labute approximate surface area is 129 Å². The van der Waals surface area contributed by atoms with Crippen LogP contribution in [0.3, 0.4) is 0 Å². The summed E-state index contributed by atoms with van der Waals surface area (Å²) >= 11 is 3.11. The van der Waals surface area contributed by atoms with Gasteiger partial charge in [-0.3, -0.25) is 0 Å². The van der Waals surface area contributed by atoms with Crippen LogP contribution in [-0.2, 0) is 12.7 Å². The normalized spacial score (nSPS) is 11.5. The van der Waals surface area contributed by atoms with Gasteiger partial charge in [-0.2, -0.15) is 13.2 Å². The molecule has 2 nitrogen and oxygen atoms in total. The van der Waals surface area contributed by atoms with Crippen molar-refractivity contribution >= 4 is 15.9 Å². The Kier molecular flexibility index (Phi) is 4.90. The maximum absolute atomic E-state index is 12.6. The molecule has 6 heteroatoms. The quantitative estimate of drug-likeness (QED) is 0.831. The average molecular weight is 360 g/mol. The molecule has 0 aliphatic rings. The molecule has 112 valence electrons. The van der Waals surface area contributed by atoms with Crippen LogP contribution >= 0.6 is 15.9 Å². The third-order valence-corrected chi connectivity index (χ3v) is 3.39. The summed E-state index contributed by atoms with van der Waals surface area (Å²) in [5.41, 5.74) is 0.309. The summed E-state index contributed by atoms with van der Waals surface area (Å²) in [4.78, 5) is 0. The fourth-order valence-corrected chi connectivity index (χ4v) is 2.27. The van der Waals surface area contributed by atoms with Gasteiger partial charge in [-0.25, -0.2) is 0 Å². The Balaban J connectivity index is 2.22. The summed E-state index contributed by atoms with van der Waals surface area (Å²) in [6, 6.07) is 10.7. The van der Waals surface area contributed by atoms with Crippen LogP contribution < -0.4 is 10.1 Å². The molecule has 0 spiro atoms. The van der Waals surface area contributed by atoms with Gasteiger partial charge in [0.2, 0.25) is 0 Å². The van der Waals surface area contributed by atoms with E-state index in [0.29, 0.717) is 18.0 Å². The van der Waals surface area contributed by atoms with Crippen LogP contribution in [0, 0.1) is 0 Å². The molecule has 0 radical (unpaired) electrons. The van der Waals surface area contributed by atoms with Gasteiger partial charge in [0, 0.05) is 6.54 Å². The van der Waals surface area contributed by atoms with E-state index in [1.165, 1.54) is 6.07 Å². The standard InChI is InChI=1S/C15H13BrF3NO/c1-20-9-10-3-2-4-12(7-10)21-14-6-5-11(8-13(14)16)15(17,18)19/h2-8,20H,9H2,1H3. The predicted molar refractivity (Wildman–Crippen MR) is 78.4 cm³/mol. The van der Waals surface area contributed by atoms with Crippen LogP contribution in [0.4, 0.5) is 13.2 Å². The highest BCUT2D eigenvalue weighted by molar-refractivity contribution is 9.10. The van der Waals surface area contributed by atoms with Gasteiger partial charge in [-0.1, -0.05) is 12.1 Å². The third-order valence-electron chi connectivity index (χ3n) is 2.77. The summed E-state index contributed by atoms with van der Waals surface area (Å²) in [6.07, 6.45) is -4.37. The zero-order chi connectivity index (χ0) is 15.5. The molecule has 0 aromatic heterocycles. The van der Waals surface area contributed by atoms with Gasteiger partial charge in [0.1, 0.15) is 11.5 Å². The second-order valence-electron chi connectivity index (χ2n) is 4.42. The fourth-order valence-electron chi connectivity index (χ4n) is 1.81. The molecular weight excluding hydrogens is 347 g/mol. The molecule has 2 aromatic carbocycles. The van der Waals surface area contributed by atoms with Crippen LogP contribution in [0.2, 0.25) is 0 Å². The summed E-state index contributed by atoms with van der Waals surface area (Å²) in [5.74, 6) is 0.910. The summed E-state index contributed by atoms with van der Waals surface area (Å²) in [6.45, 7) is 0.686. The molecule has 1 N–H and O–H groups in total. The van der Waals surface area contributed by atoms with E-state index in [1.54, 1.807) is 6.07 Å². The minimum absolute atomic E-state index is 0.261. The number of halogens is 4. The lowest BCUT2D eigenvalue weighted by Gasteiger charge is -2.12. The smallest absolute Gasteiger partial charge is 0.416 e. The Bertz CT molecular complexity index is 629. The Morgan fingerprint density at radius 1 is 1.14 bits per heavy atom. The highest BCUT2D eigenvalue weighted by Gasteiger charge is 2.31. The van der Waals surface area contributed by atoms with E-state index in [2.05, 4.69) is 21.2 Å². The van der Waals surface area contributed by atoms with Gasteiger partial charge >= 0.3 is 6.18 Å². The molecule has 0 atom stereocenters. The molecule has 0 saturated carbocycles. The highest BCUT2D eigenvalue weighted by Crippen LogP contribution is 2.36. The first kappa shape index (κ1) is 15.9. The number of hydrogen-bond donors (Lipinski definition) is 1. The van der Waals surface area contributed by atoms with Crippen molar-refractivity contribution in [1.82, 2.24) is 5.32 Å². The third kappa shape index (κ3) is 4.22. The molecule has 0 amide bonds. The number of hydrogen-bond acceptors (Lipinski definition) is 2. The molecule has 0 fully saturated rings. The van der Waals surface area contributed by atoms with Gasteiger partial charge in [0.15, 0.2) is 0 Å². The minimum Gasteiger partial charge on any atom is -0.456 e. The number of nitrogens with one attached hydrogen (secondary N) is 1. The SMILES string of the molecule is CNCc1cccc(Oc2ccc(C(F)(F)F)cc2Br)c1. The summed E-state index contributed by atoms with van der Waals surface area (Å²) in [5, 5.41) is 3.02. The van der Waals surface area contributed by atoms with E-state index < -0.39 is 11.7 Å². The van der Waals surface area contributed by atoms with E-state index in [4.69, 9.17) is 4.74 Å². The van der Waals surface area contributed by atoms with Crippen LogP contribution in [0.15, 0.2) is 46.9 Å². The van der Waals surface area contributed by atoms with Crippen molar-refractivity contribution in [3.63, 3.8) is 0 Å². The van der Waals surface area contributed by atoms with Gasteiger partial charge in [0.25, 0.3) is 0 Å². The maximum atomic E-state index is 12.6. The first-order valence-corrected chi connectivity index (χ1v) is 6.97. The highest BCUT2D eigenvalue weighted by atomic mass is 79.9. The average Bonchev–Trinajstić information content (AvgIpc) is 2.41. The van der Waals surface area contributed by atoms with E-state index in [0.717, 1.165) is 17.7 Å². The monoisotopic (exact) mass is 359 g/mol. The van der Waals surface area contributed by atoms with E-state index in [9.17, 15) is 13.2 Å². The number of alkyl halides is 3. The summed E-state index contributed by atoms with van der Waals surface area (Å²) < 4.78 is 43.7. The lowest BCUT2D eigenvalue weighted by Crippen LogP contribution is -2.05. The first-order valence-electron chi connectivity index (χ1n) is 6.18. The Hall–Kier alpha value is -1.53. The molecule has 0 unspecified atom stereocenters. The molecule has 0 bridgehead atoms. The lowest BCUT2D eigenvalue weighted by molar-refractivity contribution is -0.137. The lowest BCUT2D eigenvalue weighted by atomic mass is 10.2. The van der Waals surface area contributed by atoms with Crippen molar-refractivity contribution in [2.75, 3.05) is 7.05 Å². The number of rotatable bonds is 4. The molecule has 0 saturated heterocycles. The first-order chi connectivity index (χ1) is 9.90. The number of ether oxygens (including phenoxy) is 1. The zero-order valence-corrected chi connectivity index (χ0v) is 12.8. The van der Waals surface area contributed by atoms with Crippen molar-refractivity contribution in [3.8, 4) is 11.5 Å². The fraction of sp³-hybridized carbons (Fsp3) is 0.200. The van der Waals surface area contributed by atoms with Crippen LogP contribution in [0.5, 0.6) is 11.5 Å². The van der Waals surface area contributed by atoms with E-state index >= 15 is 0 Å². The Morgan fingerprint density at radius 3 is 2.52 bits per heavy atom. The maximum Gasteiger partial charge on any atom is 0.416 e. The van der Waals surface area contributed by atoms with Crippen molar-refractivity contribution in [2.24, 2.45) is 0 Å². The Morgan fingerprint density at radius 2 is 1.90 bits per heavy atom. The largest absolute Gasteiger partial charge is 0.456 e. The molecule has 2 aromatic rings. The van der Waals surface area contributed by atoms with Crippen molar-refractivity contribution < 1.29 is 17.9 Å². The molecule has 0 heterocycles. The van der Waals surface area contributed by atoms with E-state index in [1.807, 2.05) is 25.2 Å². The summed E-state index contributed by atoms with van der Waals surface area (Å²) in [7, 11) is 1.83. The van der Waals surface area contributed by atoms with Gasteiger partial charge in [0.05, 0.1) is 10.0 Å². The van der Waals surface area contributed by atoms with Gasteiger partial charge in [-0.05, 0) is 58.9 Å². The second kappa shape index (κ2) is 6.49. The number of benzene rings is 2. The topological polar surface area (TPSA) is 21.3 Å². The van der Waals surface area contributed by atoms with Crippen molar-refractivity contribution in [2.45, 2.75) is 12.7 Å². The van der Waals surface area contributed by atoms with E-state index in [-0.39, 0.29) is 4.47 Å². The molecule has 21 heavy (non-hydrogen) atoms. The zero-order valence-electron chi connectivity index (χ0n) is 11.2. The molecule has 0 aliphatic heterocycles. The molecule has 2 rings (SSSR count).